The molecule has 0 saturated carbocycles. The summed E-state index contributed by atoms with van der Waals surface area (Å²) in [6.45, 7) is 6.51. The molecule has 0 amide bonds. The lowest BCUT2D eigenvalue weighted by Crippen LogP contribution is -2.31. The van der Waals surface area contributed by atoms with E-state index >= 15 is 0 Å². The summed E-state index contributed by atoms with van der Waals surface area (Å²) in [5.74, 6) is 0.263. The van der Waals surface area contributed by atoms with Crippen LogP contribution in [0.5, 0.6) is 0 Å². The summed E-state index contributed by atoms with van der Waals surface area (Å²) in [6, 6.07) is 0. The van der Waals surface area contributed by atoms with Gasteiger partial charge in [0, 0.05) is 12.8 Å². The molecule has 0 atom stereocenters. The normalized spacial score (nSPS) is 19.3. The number of ether oxygens (including phenoxy) is 2. The molecule has 0 radical (unpaired) electrons. The monoisotopic (exact) mass is 170 g/mol. The molecule has 0 spiro atoms. The van der Waals surface area contributed by atoms with Gasteiger partial charge in [-0.3, -0.25) is 0 Å². The standard InChI is InChI=1S/C10H18O2/c1-4-5-10(8-9(2)3)11-6-7-12-10/h6-7,9H,4-5,8H2,1-3H3. The van der Waals surface area contributed by atoms with Crippen LogP contribution in [0.25, 0.3) is 0 Å². The van der Waals surface area contributed by atoms with Crippen molar-refractivity contribution in [3.8, 4) is 0 Å². The van der Waals surface area contributed by atoms with Crippen molar-refractivity contribution in [2.45, 2.75) is 45.8 Å². The van der Waals surface area contributed by atoms with E-state index in [2.05, 4.69) is 20.8 Å². The minimum atomic E-state index is -0.344. The van der Waals surface area contributed by atoms with Crippen molar-refractivity contribution in [3.63, 3.8) is 0 Å². The lowest BCUT2D eigenvalue weighted by Gasteiger charge is -2.28. The fraction of sp³-hybridized carbons (Fsp3) is 0.800. The van der Waals surface area contributed by atoms with E-state index in [1.807, 2.05) is 0 Å². The molecule has 2 nitrogen and oxygen atoms in total. The molecule has 0 unspecified atom stereocenters. The molecule has 1 aliphatic heterocycles. The summed E-state index contributed by atoms with van der Waals surface area (Å²) in [6.07, 6.45) is 6.33. The second kappa shape index (κ2) is 3.83. The first-order valence-corrected chi connectivity index (χ1v) is 4.69. The number of hydrogen-bond donors (Lipinski definition) is 0. The SMILES string of the molecule is CCCC1(CC(C)C)OC=CO1. The Kier molecular flexibility index (Phi) is 3.01. The molecule has 12 heavy (non-hydrogen) atoms. The van der Waals surface area contributed by atoms with Crippen LogP contribution in [-0.4, -0.2) is 5.79 Å². The van der Waals surface area contributed by atoms with Gasteiger partial charge < -0.3 is 9.47 Å². The van der Waals surface area contributed by atoms with Crippen molar-refractivity contribution in [3.05, 3.63) is 12.5 Å². The predicted octanol–water partition coefficient (Wildman–Crippen LogP) is 3.05. The first-order valence-electron chi connectivity index (χ1n) is 4.69. The molecule has 1 rings (SSSR count). The van der Waals surface area contributed by atoms with E-state index in [0.717, 1.165) is 19.3 Å². The quantitative estimate of drug-likeness (QED) is 0.645. The maximum atomic E-state index is 5.49. The van der Waals surface area contributed by atoms with Gasteiger partial charge in [-0.25, -0.2) is 0 Å². The largest absolute Gasteiger partial charge is 0.457 e. The highest BCUT2D eigenvalue weighted by atomic mass is 16.7. The van der Waals surface area contributed by atoms with Crippen LogP contribution in [0, 0.1) is 5.92 Å². The minimum Gasteiger partial charge on any atom is -0.457 e. The first-order chi connectivity index (χ1) is 5.68. The van der Waals surface area contributed by atoms with Crippen LogP contribution in [0.1, 0.15) is 40.0 Å². The van der Waals surface area contributed by atoms with Crippen molar-refractivity contribution in [1.82, 2.24) is 0 Å². The van der Waals surface area contributed by atoms with Gasteiger partial charge in [-0.2, -0.15) is 0 Å². The third-order valence-electron chi connectivity index (χ3n) is 1.97. The van der Waals surface area contributed by atoms with Gasteiger partial charge in [-0.1, -0.05) is 20.8 Å². The molecule has 2 heteroatoms. The average molecular weight is 170 g/mol. The fourth-order valence-electron chi connectivity index (χ4n) is 1.65. The molecule has 1 heterocycles. The van der Waals surface area contributed by atoms with Crippen LogP contribution >= 0.6 is 0 Å². The van der Waals surface area contributed by atoms with Crippen LogP contribution in [0.2, 0.25) is 0 Å². The van der Waals surface area contributed by atoms with Crippen LogP contribution in [0.15, 0.2) is 12.5 Å². The zero-order valence-electron chi connectivity index (χ0n) is 8.17. The van der Waals surface area contributed by atoms with Crippen LogP contribution in [-0.2, 0) is 9.47 Å². The molecule has 0 aromatic carbocycles. The lowest BCUT2D eigenvalue weighted by atomic mass is 9.99. The lowest BCUT2D eigenvalue weighted by molar-refractivity contribution is -0.158. The molecule has 0 fully saturated rings. The van der Waals surface area contributed by atoms with Crippen molar-refractivity contribution >= 4 is 0 Å². The molecule has 0 N–H and O–H groups in total. The zero-order valence-corrected chi connectivity index (χ0v) is 8.17. The van der Waals surface area contributed by atoms with Gasteiger partial charge in [-0.15, -0.1) is 0 Å². The molecule has 0 aromatic rings. The van der Waals surface area contributed by atoms with E-state index in [1.54, 1.807) is 12.5 Å². The summed E-state index contributed by atoms with van der Waals surface area (Å²) < 4.78 is 11.0. The van der Waals surface area contributed by atoms with Gasteiger partial charge in [0.1, 0.15) is 12.5 Å². The highest BCUT2D eigenvalue weighted by molar-refractivity contribution is 4.84. The number of hydrogen-bond acceptors (Lipinski definition) is 2. The minimum absolute atomic E-state index is 0.344. The first kappa shape index (κ1) is 9.43. The van der Waals surface area contributed by atoms with Crippen molar-refractivity contribution in [2.24, 2.45) is 5.92 Å². The molecule has 0 aromatic heterocycles. The summed E-state index contributed by atoms with van der Waals surface area (Å²) >= 11 is 0. The Balaban J connectivity index is 2.48. The van der Waals surface area contributed by atoms with E-state index in [1.165, 1.54) is 0 Å². The highest BCUT2D eigenvalue weighted by Gasteiger charge is 2.35. The van der Waals surface area contributed by atoms with E-state index in [0.29, 0.717) is 5.92 Å². The average Bonchev–Trinajstić information content (AvgIpc) is 2.36. The predicted molar refractivity (Wildman–Crippen MR) is 48.4 cm³/mol. The number of rotatable bonds is 4. The molecular weight excluding hydrogens is 152 g/mol. The van der Waals surface area contributed by atoms with E-state index in [-0.39, 0.29) is 5.79 Å². The van der Waals surface area contributed by atoms with Gasteiger partial charge >= 0.3 is 0 Å². The zero-order chi connectivity index (χ0) is 9.03. The van der Waals surface area contributed by atoms with E-state index in [9.17, 15) is 0 Å². The Morgan fingerprint density at radius 2 is 1.83 bits per heavy atom. The van der Waals surface area contributed by atoms with E-state index < -0.39 is 0 Å². The molecule has 0 aliphatic carbocycles. The smallest absolute Gasteiger partial charge is 0.250 e. The fourth-order valence-corrected chi connectivity index (χ4v) is 1.65. The van der Waals surface area contributed by atoms with Crippen molar-refractivity contribution in [1.29, 1.82) is 0 Å². The third-order valence-corrected chi connectivity index (χ3v) is 1.97. The molecule has 0 saturated heterocycles. The maximum Gasteiger partial charge on any atom is 0.250 e. The van der Waals surface area contributed by atoms with Crippen molar-refractivity contribution < 1.29 is 9.47 Å². The Labute approximate surface area is 74.6 Å². The van der Waals surface area contributed by atoms with Crippen LogP contribution in [0.4, 0.5) is 0 Å². The Bertz CT molecular complexity index is 153. The van der Waals surface area contributed by atoms with Crippen molar-refractivity contribution in [2.75, 3.05) is 0 Å². The molecule has 70 valence electrons. The second-order valence-electron chi connectivity index (χ2n) is 3.77. The Hall–Kier alpha value is -0.660. The summed E-state index contributed by atoms with van der Waals surface area (Å²) in [7, 11) is 0. The van der Waals surface area contributed by atoms with Crippen LogP contribution < -0.4 is 0 Å². The van der Waals surface area contributed by atoms with Gasteiger partial charge in [0.05, 0.1) is 0 Å². The van der Waals surface area contributed by atoms with Gasteiger partial charge in [0.2, 0.25) is 5.79 Å². The maximum absolute atomic E-state index is 5.49. The topological polar surface area (TPSA) is 18.5 Å². The molecular formula is C10H18O2. The van der Waals surface area contributed by atoms with Gasteiger partial charge in [0.15, 0.2) is 0 Å². The van der Waals surface area contributed by atoms with Gasteiger partial charge in [0.25, 0.3) is 0 Å². The summed E-state index contributed by atoms with van der Waals surface area (Å²) in [5.41, 5.74) is 0. The third kappa shape index (κ3) is 2.16. The highest BCUT2D eigenvalue weighted by Crippen LogP contribution is 2.32. The second-order valence-corrected chi connectivity index (χ2v) is 3.77. The molecule has 1 aliphatic rings. The molecule has 0 bridgehead atoms. The van der Waals surface area contributed by atoms with Gasteiger partial charge in [-0.05, 0) is 12.3 Å². The summed E-state index contributed by atoms with van der Waals surface area (Å²) in [5, 5.41) is 0. The van der Waals surface area contributed by atoms with Crippen LogP contribution in [0.3, 0.4) is 0 Å². The summed E-state index contributed by atoms with van der Waals surface area (Å²) in [4.78, 5) is 0. The Morgan fingerprint density at radius 3 is 2.25 bits per heavy atom. The Morgan fingerprint density at radius 1 is 1.25 bits per heavy atom. The van der Waals surface area contributed by atoms with E-state index in [4.69, 9.17) is 9.47 Å².